The van der Waals surface area contributed by atoms with Crippen LogP contribution in [0.15, 0.2) is 12.3 Å². The number of nitrogens with one attached hydrogen (secondary N) is 1. The number of anilines is 1. The van der Waals surface area contributed by atoms with Crippen molar-refractivity contribution in [3.63, 3.8) is 0 Å². The maximum absolute atomic E-state index is 12.5. The van der Waals surface area contributed by atoms with E-state index in [0.29, 0.717) is 5.56 Å². The lowest BCUT2D eigenvalue weighted by atomic mass is 10.1. The smallest absolute Gasteiger partial charge is 0.257 e. The molecule has 1 saturated heterocycles. The first-order valence-electron chi connectivity index (χ1n) is 6.72. The molecule has 1 fully saturated rings. The molecule has 0 atom stereocenters. The molecule has 1 amide bonds. The molecule has 0 saturated carbocycles. The lowest BCUT2D eigenvalue weighted by molar-refractivity contribution is 0.0725. The topological polar surface area (TPSA) is 45.2 Å². The highest BCUT2D eigenvalue weighted by Gasteiger charge is 2.20. The van der Waals surface area contributed by atoms with Crippen molar-refractivity contribution in [1.82, 2.24) is 9.88 Å². The predicted octanol–water partition coefficient (Wildman–Crippen LogP) is 2.45. The first kappa shape index (κ1) is 12.9. The number of hydrogen-bond acceptors (Lipinski definition) is 3. The van der Waals surface area contributed by atoms with Gasteiger partial charge in [-0.2, -0.15) is 0 Å². The monoisotopic (exact) mass is 247 g/mol. The summed E-state index contributed by atoms with van der Waals surface area (Å²) in [7, 11) is 0. The third-order valence-corrected chi connectivity index (χ3v) is 3.28. The van der Waals surface area contributed by atoms with Crippen molar-refractivity contribution < 1.29 is 4.79 Å². The summed E-state index contributed by atoms with van der Waals surface area (Å²) in [6.07, 6.45) is 5.16. The molecular formula is C14H21N3O. The minimum atomic E-state index is 0.109. The number of nitrogens with zero attached hydrogens (tertiary/aromatic N) is 2. The predicted molar refractivity (Wildman–Crippen MR) is 72.9 cm³/mol. The second kappa shape index (κ2) is 5.85. The van der Waals surface area contributed by atoms with E-state index in [2.05, 4.69) is 10.3 Å². The van der Waals surface area contributed by atoms with Gasteiger partial charge in [-0.25, -0.2) is 0 Å². The Kier molecular flexibility index (Phi) is 4.18. The quantitative estimate of drug-likeness (QED) is 0.892. The van der Waals surface area contributed by atoms with E-state index in [4.69, 9.17) is 0 Å². The number of aryl methyl sites for hydroxylation is 1. The van der Waals surface area contributed by atoms with Gasteiger partial charge in [0.05, 0.1) is 11.3 Å². The van der Waals surface area contributed by atoms with E-state index in [9.17, 15) is 4.79 Å². The largest absolute Gasteiger partial charge is 0.385 e. The van der Waals surface area contributed by atoms with Crippen molar-refractivity contribution in [1.29, 1.82) is 0 Å². The lowest BCUT2D eigenvalue weighted by Gasteiger charge is -2.27. The zero-order valence-corrected chi connectivity index (χ0v) is 11.2. The van der Waals surface area contributed by atoms with Gasteiger partial charge in [-0.1, -0.05) is 0 Å². The Morgan fingerprint density at radius 1 is 1.39 bits per heavy atom. The van der Waals surface area contributed by atoms with Crippen LogP contribution >= 0.6 is 0 Å². The molecule has 1 aliphatic rings. The zero-order valence-electron chi connectivity index (χ0n) is 11.2. The molecule has 2 heterocycles. The number of likely N-dealkylation sites (tertiary alicyclic amines) is 1. The van der Waals surface area contributed by atoms with E-state index in [0.717, 1.165) is 43.9 Å². The fourth-order valence-electron chi connectivity index (χ4n) is 2.33. The number of aromatic nitrogens is 1. The summed E-state index contributed by atoms with van der Waals surface area (Å²) in [5.74, 6) is 0.109. The Bertz CT molecular complexity index is 425. The average molecular weight is 247 g/mol. The van der Waals surface area contributed by atoms with Crippen LogP contribution in [-0.2, 0) is 0 Å². The minimum Gasteiger partial charge on any atom is -0.385 e. The van der Waals surface area contributed by atoms with Crippen LogP contribution in [0, 0.1) is 6.92 Å². The number of hydrogen-bond donors (Lipinski definition) is 1. The summed E-state index contributed by atoms with van der Waals surface area (Å²) in [5, 5.41) is 3.25. The number of pyridine rings is 1. The third kappa shape index (κ3) is 2.81. The van der Waals surface area contributed by atoms with Crippen molar-refractivity contribution in [3.05, 3.63) is 23.5 Å². The minimum absolute atomic E-state index is 0.109. The zero-order chi connectivity index (χ0) is 13.0. The number of carbonyl (C=O) groups is 1. The van der Waals surface area contributed by atoms with Gasteiger partial charge in [0, 0.05) is 31.5 Å². The molecule has 0 unspecified atom stereocenters. The summed E-state index contributed by atoms with van der Waals surface area (Å²) in [4.78, 5) is 18.6. The molecule has 18 heavy (non-hydrogen) atoms. The molecule has 0 spiro atoms. The molecule has 0 radical (unpaired) electrons. The molecule has 1 aromatic heterocycles. The maximum Gasteiger partial charge on any atom is 0.257 e. The molecule has 1 aliphatic heterocycles. The van der Waals surface area contributed by atoms with Crippen LogP contribution in [0.4, 0.5) is 5.69 Å². The number of amides is 1. The van der Waals surface area contributed by atoms with Gasteiger partial charge in [0.25, 0.3) is 5.91 Å². The van der Waals surface area contributed by atoms with Crippen LogP contribution in [0.25, 0.3) is 0 Å². The molecule has 1 aromatic rings. The van der Waals surface area contributed by atoms with Gasteiger partial charge in [-0.15, -0.1) is 0 Å². The molecule has 2 rings (SSSR count). The molecule has 98 valence electrons. The van der Waals surface area contributed by atoms with E-state index in [1.54, 1.807) is 6.20 Å². The fraction of sp³-hybridized carbons (Fsp3) is 0.571. The highest BCUT2D eigenvalue weighted by atomic mass is 16.2. The maximum atomic E-state index is 12.5. The summed E-state index contributed by atoms with van der Waals surface area (Å²) in [5.41, 5.74) is 2.53. The van der Waals surface area contributed by atoms with Crippen LogP contribution in [-0.4, -0.2) is 35.4 Å². The summed E-state index contributed by atoms with van der Waals surface area (Å²) in [6.45, 7) is 6.53. The molecule has 0 aromatic carbocycles. The Morgan fingerprint density at radius 2 is 2.11 bits per heavy atom. The van der Waals surface area contributed by atoms with Gasteiger partial charge < -0.3 is 10.2 Å². The second-order valence-corrected chi connectivity index (χ2v) is 4.75. The van der Waals surface area contributed by atoms with Gasteiger partial charge >= 0.3 is 0 Å². The van der Waals surface area contributed by atoms with Crippen molar-refractivity contribution in [3.8, 4) is 0 Å². The molecule has 1 N–H and O–H groups in total. The van der Waals surface area contributed by atoms with E-state index in [-0.39, 0.29) is 5.91 Å². The highest BCUT2D eigenvalue weighted by molar-refractivity contribution is 5.99. The number of carbonyl (C=O) groups excluding carboxylic acids is 1. The first-order valence-corrected chi connectivity index (χ1v) is 6.72. The van der Waals surface area contributed by atoms with E-state index in [1.165, 1.54) is 6.42 Å². The number of rotatable bonds is 3. The Labute approximate surface area is 108 Å². The summed E-state index contributed by atoms with van der Waals surface area (Å²) >= 11 is 0. The molecule has 4 nitrogen and oxygen atoms in total. The van der Waals surface area contributed by atoms with Crippen LogP contribution in [0.2, 0.25) is 0 Å². The van der Waals surface area contributed by atoms with Gasteiger partial charge in [-0.3, -0.25) is 9.78 Å². The third-order valence-electron chi connectivity index (χ3n) is 3.28. The van der Waals surface area contributed by atoms with Crippen molar-refractivity contribution in [2.24, 2.45) is 0 Å². The van der Waals surface area contributed by atoms with Crippen molar-refractivity contribution in [2.75, 3.05) is 25.0 Å². The van der Waals surface area contributed by atoms with E-state index >= 15 is 0 Å². The molecular weight excluding hydrogens is 226 g/mol. The Hall–Kier alpha value is -1.58. The SMILES string of the molecule is CCNc1cc(C)ncc1C(=O)N1CCCCC1. The first-order chi connectivity index (χ1) is 8.72. The average Bonchev–Trinajstić information content (AvgIpc) is 2.40. The van der Waals surface area contributed by atoms with Crippen LogP contribution in [0.1, 0.15) is 42.2 Å². The molecule has 4 heteroatoms. The van der Waals surface area contributed by atoms with Gasteiger partial charge in [0.1, 0.15) is 0 Å². The van der Waals surface area contributed by atoms with E-state index < -0.39 is 0 Å². The van der Waals surface area contributed by atoms with Crippen LogP contribution in [0.5, 0.6) is 0 Å². The van der Waals surface area contributed by atoms with Crippen molar-refractivity contribution >= 4 is 11.6 Å². The second-order valence-electron chi connectivity index (χ2n) is 4.75. The van der Waals surface area contributed by atoms with Crippen molar-refractivity contribution in [2.45, 2.75) is 33.1 Å². The van der Waals surface area contributed by atoms with Gasteiger partial charge in [0.15, 0.2) is 0 Å². The van der Waals surface area contributed by atoms with E-state index in [1.807, 2.05) is 24.8 Å². The Morgan fingerprint density at radius 3 is 2.78 bits per heavy atom. The van der Waals surface area contributed by atoms with Gasteiger partial charge in [-0.05, 0) is 39.2 Å². The normalized spacial score (nSPS) is 15.6. The summed E-state index contributed by atoms with van der Waals surface area (Å²) in [6, 6.07) is 1.95. The highest BCUT2D eigenvalue weighted by Crippen LogP contribution is 2.20. The standard InChI is InChI=1S/C14H21N3O/c1-3-15-13-9-11(2)16-10-12(13)14(18)17-7-5-4-6-8-17/h9-10H,3-8H2,1-2H3,(H,15,16). The fourth-order valence-corrected chi connectivity index (χ4v) is 2.33. The summed E-state index contributed by atoms with van der Waals surface area (Å²) < 4.78 is 0. The van der Waals surface area contributed by atoms with Crippen LogP contribution in [0.3, 0.4) is 0 Å². The molecule has 0 aliphatic carbocycles. The Balaban J connectivity index is 2.22. The van der Waals surface area contributed by atoms with Gasteiger partial charge in [0.2, 0.25) is 0 Å². The molecule has 0 bridgehead atoms. The lowest BCUT2D eigenvalue weighted by Crippen LogP contribution is -2.36. The number of piperidine rings is 1. The van der Waals surface area contributed by atoms with Crippen LogP contribution < -0.4 is 5.32 Å².